The number of aryl methyl sites for hydroxylation is 1. The van der Waals surface area contributed by atoms with E-state index in [1.807, 2.05) is 37.3 Å². The van der Waals surface area contributed by atoms with Gasteiger partial charge in [-0.2, -0.15) is 0 Å². The molecule has 1 N–H and O–H groups in total. The number of nitrogens with one attached hydrogen (secondary N) is 1. The van der Waals surface area contributed by atoms with Crippen molar-refractivity contribution in [3.8, 4) is 11.5 Å². The first-order valence-corrected chi connectivity index (χ1v) is 8.43. The SMILES string of the molecule is COc1cc2onc(C)c2cc1NSc1cc(Br)ccc1OC. The normalized spacial score (nSPS) is 10.8. The Morgan fingerprint density at radius 3 is 2.65 bits per heavy atom. The molecule has 0 radical (unpaired) electrons. The number of fused-ring (bicyclic) bond motifs is 1. The lowest BCUT2D eigenvalue weighted by Crippen LogP contribution is -1.94. The summed E-state index contributed by atoms with van der Waals surface area (Å²) in [6.07, 6.45) is 0. The van der Waals surface area contributed by atoms with E-state index in [4.69, 9.17) is 14.0 Å². The standard InChI is InChI=1S/C16H15BrN2O3S/c1-9-11-7-12(15(21-3)8-14(11)22-18-9)19-23-16-6-10(17)4-5-13(16)20-2/h4-8,19H,1-3H3. The summed E-state index contributed by atoms with van der Waals surface area (Å²) in [6.45, 7) is 1.91. The van der Waals surface area contributed by atoms with Gasteiger partial charge in [-0.25, -0.2) is 0 Å². The lowest BCUT2D eigenvalue weighted by Gasteiger charge is -2.12. The molecule has 5 nitrogen and oxygen atoms in total. The molecular formula is C16H15BrN2O3S. The van der Waals surface area contributed by atoms with Gasteiger partial charge in [-0.05, 0) is 43.1 Å². The summed E-state index contributed by atoms with van der Waals surface area (Å²) in [7, 11) is 3.28. The molecule has 0 saturated heterocycles. The molecule has 0 spiro atoms. The highest BCUT2D eigenvalue weighted by Gasteiger charge is 2.12. The number of rotatable bonds is 5. The van der Waals surface area contributed by atoms with E-state index in [1.165, 1.54) is 11.9 Å². The zero-order chi connectivity index (χ0) is 16.4. The van der Waals surface area contributed by atoms with Crippen molar-refractivity contribution in [3.63, 3.8) is 0 Å². The van der Waals surface area contributed by atoms with Gasteiger partial charge in [0.15, 0.2) is 5.58 Å². The highest BCUT2D eigenvalue weighted by atomic mass is 79.9. The average Bonchev–Trinajstić information content (AvgIpc) is 2.92. The van der Waals surface area contributed by atoms with Crippen LogP contribution in [0.1, 0.15) is 5.69 Å². The van der Waals surface area contributed by atoms with Gasteiger partial charge in [0.25, 0.3) is 0 Å². The van der Waals surface area contributed by atoms with Crippen LogP contribution in [-0.2, 0) is 0 Å². The molecular weight excluding hydrogens is 380 g/mol. The van der Waals surface area contributed by atoms with Gasteiger partial charge in [0, 0.05) is 15.9 Å². The summed E-state index contributed by atoms with van der Waals surface area (Å²) in [5.74, 6) is 1.49. The second-order valence-electron chi connectivity index (χ2n) is 4.82. The molecule has 7 heteroatoms. The first-order chi connectivity index (χ1) is 11.1. The maximum atomic E-state index is 5.43. The maximum Gasteiger partial charge on any atom is 0.170 e. The molecule has 0 bridgehead atoms. The minimum absolute atomic E-state index is 0.690. The van der Waals surface area contributed by atoms with Gasteiger partial charge < -0.3 is 18.7 Å². The highest BCUT2D eigenvalue weighted by Crippen LogP contribution is 2.37. The van der Waals surface area contributed by atoms with Crippen molar-refractivity contribution in [2.24, 2.45) is 0 Å². The number of methoxy groups -OCH3 is 2. The third-order valence-electron chi connectivity index (χ3n) is 3.37. The largest absolute Gasteiger partial charge is 0.496 e. The van der Waals surface area contributed by atoms with Gasteiger partial charge in [-0.1, -0.05) is 21.1 Å². The average molecular weight is 395 g/mol. The van der Waals surface area contributed by atoms with Crippen LogP contribution in [0.4, 0.5) is 5.69 Å². The molecule has 1 aromatic heterocycles. The van der Waals surface area contributed by atoms with Gasteiger partial charge in [-0.3, -0.25) is 0 Å². The van der Waals surface area contributed by atoms with E-state index in [9.17, 15) is 0 Å². The second kappa shape index (κ2) is 6.72. The summed E-state index contributed by atoms with van der Waals surface area (Å²) in [6, 6.07) is 9.65. The van der Waals surface area contributed by atoms with Crippen LogP contribution in [-0.4, -0.2) is 19.4 Å². The molecule has 0 aliphatic heterocycles. The van der Waals surface area contributed by atoms with E-state index in [-0.39, 0.29) is 0 Å². The van der Waals surface area contributed by atoms with Crippen LogP contribution in [0.2, 0.25) is 0 Å². The van der Waals surface area contributed by atoms with Gasteiger partial charge in [0.2, 0.25) is 0 Å². The van der Waals surface area contributed by atoms with E-state index in [0.29, 0.717) is 11.3 Å². The lowest BCUT2D eigenvalue weighted by atomic mass is 10.2. The number of anilines is 1. The minimum Gasteiger partial charge on any atom is -0.496 e. The Bertz CT molecular complexity index is 851. The number of benzene rings is 2. The van der Waals surface area contributed by atoms with Crippen molar-refractivity contribution in [1.82, 2.24) is 5.16 Å². The van der Waals surface area contributed by atoms with Crippen LogP contribution in [0.25, 0.3) is 11.0 Å². The Morgan fingerprint density at radius 2 is 1.91 bits per heavy atom. The molecule has 3 rings (SSSR count). The number of halogens is 1. The highest BCUT2D eigenvalue weighted by molar-refractivity contribution is 9.10. The molecule has 3 aromatic rings. The molecule has 2 aromatic carbocycles. The van der Waals surface area contributed by atoms with Crippen molar-refractivity contribution < 1.29 is 14.0 Å². The Morgan fingerprint density at radius 1 is 1.13 bits per heavy atom. The van der Waals surface area contributed by atoms with Crippen LogP contribution < -0.4 is 14.2 Å². The third-order valence-corrected chi connectivity index (χ3v) is 4.72. The van der Waals surface area contributed by atoms with E-state index >= 15 is 0 Å². The fourth-order valence-corrected chi connectivity index (χ4v) is 3.51. The number of ether oxygens (including phenoxy) is 2. The molecule has 0 saturated carbocycles. The first kappa shape index (κ1) is 16.0. The van der Waals surface area contributed by atoms with Crippen LogP contribution in [0.15, 0.2) is 44.2 Å². The summed E-state index contributed by atoms with van der Waals surface area (Å²) in [5.41, 5.74) is 2.39. The quantitative estimate of drug-likeness (QED) is 0.612. The van der Waals surface area contributed by atoms with Gasteiger partial charge in [0.1, 0.15) is 11.5 Å². The van der Waals surface area contributed by atoms with Crippen molar-refractivity contribution in [1.29, 1.82) is 0 Å². The van der Waals surface area contributed by atoms with Crippen LogP contribution in [0, 0.1) is 6.92 Å². The molecule has 0 aliphatic rings. The smallest absolute Gasteiger partial charge is 0.170 e. The summed E-state index contributed by atoms with van der Waals surface area (Å²) in [5, 5.41) is 4.93. The fraction of sp³-hybridized carbons (Fsp3) is 0.188. The molecule has 0 fully saturated rings. The molecule has 0 unspecified atom stereocenters. The Labute approximate surface area is 146 Å². The predicted molar refractivity (Wildman–Crippen MR) is 95.5 cm³/mol. The topological polar surface area (TPSA) is 56.5 Å². The van der Waals surface area contributed by atoms with Crippen molar-refractivity contribution in [2.75, 3.05) is 18.9 Å². The van der Waals surface area contributed by atoms with E-state index in [2.05, 4.69) is 25.8 Å². The van der Waals surface area contributed by atoms with Crippen LogP contribution >= 0.6 is 27.9 Å². The molecule has 0 atom stereocenters. The van der Waals surface area contributed by atoms with Crippen LogP contribution in [0.5, 0.6) is 11.5 Å². The van der Waals surface area contributed by atoms with Gasteiger partial charge >= 0.3 is 0 Å². The second-order valence-corrected chi connectivity index (χ2v) is 6.58. The number of hydrogen-bond acceptors (Lipinski definition) is 6. The zero-order valence-electron chi connectivity index (χ0n) is 12.8. The van der Waals surface area contributed by atoms with E-state index in [1.54, 1.807) is 14.2 Å². The van der Waals surface area contributed by atoms with Crippen molar-refractivity contribution >= 4 is 44.5 Å². The van der Waals surface area contributed by atoms with Crippen LogP contribution in [0.3, 0.4) is 0 Å². The molecule has 23 heavy (non-hydrogen) atoms. The molecule has 1 heterocycles. The Kier molecular flexibility index (Phi) is 4.68. The first-order valence-electron chi connectivity index (χ1n) is 6.83. The fourth-order valence-electron chi connectivity index (χ4n) is 2.18. The number of hydrogen-bond donors (Lipinski definition) is 1. The maximum absolute atomic E-state index is 5.43. The van der Waals surface area contributed by atoms with Gasteiger partial charge in [-0.15, -0.1) is 0 Å². The molecule has 120 valence electrons. The Balaban J connectivity index is 1.92. The Hall–Kier alpha value is -1.86. The van der Waals surface area contributed by atoms with Crippen molar-refractivity contribution in [3.05, 3.63) is 40.5 Å². The van der Waals surface area contributed by atoms with E-state index in [0.717, 1.165) is 31.9 Å². The monoisotopic (exact) mass is 394 g/mol. The third kappa shape index (κ3) is 3.25. The zero-order valence-corrected chi connectivity index (χ0v) is 15.2. The molecule has 0 amide bonds. The number of aromatic nitrogens is 1. The summed E-state index contributed by atoms with van der Waals surface area (Å²) < 4.78 is 20.4. The van der Waals surface area contributed by atoms with Crippen molar-refractivity contribution in [2.45, 2.75) is 11.8 Å². The lowest BCUT2D eigenvalue weighted by molar-refractivity contribution is 0.404. The summed E-state index contributed by atoms with van der Waals surface area (Å²) >= 11 is 4.92. The molecule has 0 aliphatic carbocycles. The minimum atomic E-state index is 0.690. The predicted octanol–water partition coefficient (Wildman–Crippen LogP) is 5.04. The summed E-state index contributed by atoms with van der Waals surface area (Å²) in [4.78, 5) is 0.964. The van der Waals surface area contributed by atoms with E-state index < -0.39 is 0 Å². The van der Waals surface area contributed by atoms with Gasteiger partial charge in [0.05, 0.1) is 30.5 Å². The number of nitrogens with zero attached hydrogens (tertiary/aromatic N) is 1.